The van der Waals surface area contributed by atoms with Crippen LogP contribution in [0.25, 0.3) is 0 Å². The molecule has 0 spiro atoms. The van der Waals surface area contributed by atoms with E-state index < -0.39 is 6.03 Å². The minimum absolute atomic E-state index is 0.166. The standard InChI is InChI=1S/C23H27N3O4/c1-4-12-29-22(27)17-13-18-20(26(23(24)28)14(2)25(18)3)21-16(17)10-11-19(30-21)15-8-6-5-7-9-15/h5-9,13-14,19H,4,10-12H2,1-3H3,(H2,24,28). The normalized spacial score (nSPS) is 19.7. The molecule has 0 aliphatic carbocycles. The topological polar surface area (TPSA) is 85.1 Å². The predicted molar refractivity (Wildman–Crippen MR) is 115 cm³/mol. The molecule has 7 heteroatoms. The van der Waals surface area contributed by atoms with Crippen LogP contribution in [0.1, 0.15) is 54.3 Å². The molecule has 30 heavy (non-hydrogen) atoms. The van der Waals surface area contributed by atoms with Gasteiger partial charge in [0.25, 0.3) is 0 Å². The molecule has 2 aromatic carbocycles. The predicted octanol–water partition coefficient (Wildman–Crippen LogP) is 4.00. The first-order chi connectivity index (χ1) is 14.4. The third-order valence-electron chi connectivity index (χ3n) is 5.88. The first-order valence-electron chi connectivity index (χ1n) is 10.3. The Morgan fingerprint density at radius 3 is 2.67 bits per heavy atom. The number of hydrogen-bond donors (Lipinski definition) is 1. The lowest BCUT2D eigenvalue weighted by atomic mass is 9.92. The Balaban J connectivity index is 1.86. The average molecular weight is 409 g/mol. The number of anilines is 2. The van der Waals surface area contributed by atoms with Gasteiger partial charge in [0.1, 0.15) is 23.7 Å². The maximum absolute atomic E-state index is 12.8. The zero-order valence-corrected chi connectivity index (χ0v) is 17.6. The molecule has 0 aromatic heterocycles. The van der Waals surface area contributed by atoms with Crippen molar-refractivity contribution < 1.29 is 19.1 Å². The van der Waals surface area contributed by atoms with Crippen LogP contribution in [0.5, 0.6) is 5.75 Å². The lowest BCUT2D eigenvalue weighted by Crippen LogP contribution is -2.45. The van der Waals surface area contributed by atoms with Gasteiger partial charge in [0, 0.05) is 12.6 Å². The van der Waals surface area contributed by atoms with E-state index in [1.165, 1.54) is 4.90 Å². The second-order valence-corrected chi connectivity index (χ2v) is 7.74. The largest absolute Gasteiger partial charge is 0.483 e. The van der Waals surface area contributed by atoms with E-state index in [4.69, 9.17) is 15.2 Å². The van der Waals surface area contributed by atoms with Gasteiger partial charge in [-0.05, 0) is 37.8 Å². The summed E-state index contributed by atoms with van der Waals surface area (Å²) in [6.07, 6.45) is 1.66. The second-order valence-electron chi connectivity index (χ2n) is 7.74. The van der Waals surface area contributed by atoms with Crippen molar-refractivity contribution in [3.8, 4) is 5.75 Å². The van der Waals surface area contributed by atoms with Gasteiger partial charge in [-0.15, -0.1) is 0 Å². The summed E-state index contributed by atoms with van der Waals surface area (Å²) in [7, 11) is 1.87. The highest BCUT2D eigenvalue weighted by Crippen LogP contribution is 2.52. The zero-order chi connectivity index (χ0) is 21.4. The van der Waals surface area contributed by atoms with E-state index in [1.807, 2.05) is 56.1 Å². The first-order valence-corrected chi connectivity index (χ1v) is 10.3. The monoisotopic (exact) mass is 409 g/mol. The van der Waals surface area contributed by atoms with Crippen LogP contribution in [0.2, 0.25) is 0 Å². The molecule has 2 N–H and O–H groups in total. The number of carbonyl (C=O) groups excluding carboxylic acids is 2. The van der Waals surface area contributed by atoms with Gasteiger partial charge in [0.15, 0.2) is 0 Å². The fourth-order valence-electron chi connectivity index (χ4n) is 4.24. The van der Waals surface area contributed by atoms with Crippen molar-refractivity contribution in [2.75, 3.05) is 23.5 Å². The highest BCUT2D eigenvalue weighted by atomic mass is 16.5. The Kier molecular flexibility index (Phi) is 5.28. The Morgan fingerprint density at radius 1 is 1.27 bits per heavy atom. The quantitative estimate of drug-likeness (QED) is 0.772. The number of carbonyl (C=O) groups is 2. The van der Waals surface area contributed by atoms with Gasteiger partial charge < -0.3 is 20.1 Å². The van der Waals surface area contributed by atoms with Crippen LogP contribution in [0.3, 0.4) is 0 Å². The molecule has 0 bridgehead atoms. The molecule has 0 saturated heterocycles. The highest BCUT2D eigenvalue weighted by Gasteiger charge is 2.41. The summed E-state index contributed by atoms with van der Waals surface area (Å²) >= 11 is 0. The summed E-state index contributed by atoms with van der Waals surface area (Å²) in [5.41, 5.74) is 9.40. The van der Waals surface area contributed by atoms with Crippen LogP contribution in [0.4, 0.5) is 16.2 Å². The number of primary amides is 1. The Bertz CT molecular complexity index is 976. The number of rotatable bonds is 4. The fraction of sp³-hybridized carbons (Fsp3) is 0.391. The molecule has 0 radical (unpaired) electrons. The summed E-state index contributed by atoms with van der Waals surface area (Å²) in [6, 6.07) is 11.2. The minimum atomic E-state index is -0.554. The molecule has 2 amide bonds. The van der Waals surface area contributed by atoms with Crippen molar-refractivity contribution in [3.05, 3.63) is 53.1 Å². The molecule has 2 atom stereocenters. The lowest BCUT2D eigenvalue weighted by molar-refractivity contribution is 0.0501. The molecule has 0 saturated carbocycles. The smallest absolute Gasteiger partial charge is 0.338 e. The number of esters is 1. The van der Waals surface area contributed by atoms with Crippen molar-refractivity contribution in [2.24, 2.45) is 5.73 Å². The molecular formula is C23H27N3O4. The van der Waals surface area contributed by atoms with Gasteiger partial charge in [-0.25, -0.2) is 9.59 Å². The maximum atomic E-state index is 12.8. The number of nitrogens with two attached hydrogens (primary N) is 1. The molecule has 2 aliphatic rings. The maximum Gasteiger partial charge on any atom is 0.338 e. The van der Waals surface area contributed by atoms with Crippen LogP contribution in [-0.2, 0) is 11.2 Å². The Morgan fingerprint density at radius 2 is 2.00 bits per heavy atom. The average Bonchev–Trinajstić information content (AvgIpc) is 3.02. The number of hydrogen-bond acceptors (Lipinski definition) is 5. The number of amides is 2. The SMILES string of the molecule is CCCOC(=O)c1cc2c(c3c1CCC(c1ccccc1)O3)N(C(N)=O)C(C)N2C. The fourth-order valence-corrected chi connectivity index (χ4v) is 4.24. The number of urea groups is 1. The molecule has 2 heterocycles. The van der Waals surface area contributed by atoms with Crippen molar-refractivity contribution >= 4 is 23.4 Å². The summed E-state index contributed by atoms with van der Waals surface area (Å²) in [4.78, 5) is 28.6. The van der Waals surface area contributed by atoms with Crippen molar-refractivity contribution in [2.45, 2.75) is 45.4 Å². The van der Waals surface area contributed by atoms with E-state index >= 15 is 0 Å². The number of fused-ring (bicyclic) bond motifs is 3. The van der Waals surface area contributed by atoms with Crippen LogP contribution in [0, 0.1) is 0 Å². The van der Waals surface area contributed by atoms with E-state index in [0.717, 1.165) is 29.7 Å². The molecule has 2 unspecified atom stereocenters. The summed E-state index contributed by atoms with van der Waals surface area (Å²) < 4.78 is 11.9. The van der Waals surface area contributed by atoms with Crippen molar-refractivity contribution in [3.63, 3.8) is 0 Å². The zero-order valence-electron chi connectivity index (χ0n) is 17.6. The van der Waals surface area contributed by atoms with Gasteiger partial charge in [0.2, 0.25) is 0 Å². The van der Waals surface area contributed by atoms with E-state index in [-0.39, 0.29) is 18.2 Å². The van der Waals surface area contributed by atoms with Crippen molar-refractivity contribution in [1.29, 1.82) is 0 Å². The van der Waals surface area contributed by atoms with E-state index in [9.17, 15) is 9.59 Å². The van der Waals surface area contributed by atoms with Gasteiger partial charge in [0.05, 0.1) is 17.9 Å². The van der Waals surface area contributed by atoms with Crippen LogP contribution >= 0.6 is 0 Å². The summed E-state index contributed by atoms with van der Waals surface area (Å²) in [5, 5.41) is 0. The highest BCUT2D eigenvalue weighted by molar-refractivity contribution is 6.05. The molecule has 4 rings (SSSR count). The molecule has 7 nitrogen and oxygen atoms in total. The third-order valence-corrected chi connectivity index (χ3v) is 5.88. The third kappa shape index (κ3) is 3.24. The van der Waals surface area contributed by atoms with E-state index in [2.05, 4.69) is 0 Å². The molecule has 2 aliphatic heterocycles. The second kappa shape index (κ2) is 7.89. The Hall–Kier alpha value is -3.22. The minimum Gasteiger partial charge on any atom is -0.483 e. The van der Waals surface area contributed by atoms with E-state index in [1.54, 1.807) is 6.07 Å². The Labute approximate surface area is 176 Å². The van der Waals surface area contributed by atoms with Crippen LogP contribution in [-0.4, -0.2) is 31.8 Å². The number of ether oxygens (including phenoxy) is 2. The van der Waals surface area contributed by atoms with Gasteiger partial charge >= 0.3 is 12.0 Å². The van der Waals surface area contributed by atoms with Crippen molar-refractivity contribution in [1.82, 2.24) is 0 Å². The number of nitrogens with zero attached hydrogens (tertiary/aromatic N) is 2. The molecule has 0 fully saturated rings. The van der Waals surface area contributed by atoms with Crippen LogP contribution in [0.15, 0.2) is 36.4 Å². The molecular weight excluding hydrogens is 382 g/mol. The molecule has 158 valence electrons. The lowest BCUT2D eigenvalue weighted by Gasteiger charge is -2.31. The summed E-state index contributed by atoms with van der Waals surface area (Å²) in [5.74, 6) is 0.183. The first kappa shape index (κ1) is 20.1. The number of benzene rings is 2. The summed E-state index contributed by atoms with van der Waals surface area (Å²) in [6.45, 7) is 4.21. The van der Waals surface area contributed by atoms with Gasteiger partial charge in [-0.2, -0.15) is 0 Å². The van der Waals surface area contributed by atoms with Crippen LogP contribution < -0.4 is 20.3 Å². The molecule has 2 aromatic rings. The van der Waals surface area contributed by atoms with Gasteiger partial charge in [-0.1, -0.05) is 37.3 Å². The van der Waals surface area contributed by atoms with E-state index in [0.29, 0.717) is 30.0 Å². The van der Waals surface area contributed by atoms with Gasteiger partial charge in [-0.3, -0.25) is 4.90 Å².